The van der Waals surface area contributed by atoms with Crippen LogP contribution < -0.4 is 4.74 Å². The van der Waals surface area contributed by atoms with E-state index in [0.29, 0.717) is 18.1 Å². The van der Waals surface area contributed by atoms with Crippen LogP contribution >= 0.6 is 0 Å². The molecule has 3 aromatic rings. The van der Waals surface area contributed by atoms with Crippen molar-refractivity contribution >= 4 is 17.4 Å². The van der Waals surface area contributed by atoms with Crippen LogP contribution in [-0.4, -0.2) is 33.3 Å². The van der Waals surface area contributed by atoms with Crippen LogP contribution in [0.15, 0.2) is 78.5 Å². The van der Waals surface area contributed by atoms with Gasteiger partial charge in [-0.05, 0) is 47.9 Å². The summed E-state index contributed by atoms with van der Waals surface area (Å²) in [6.45, 7) is 4.13. The van der Waals surface area contributed by atoms with Gasteiger partial charge in [-0.2, -0.15) is 13.2 Å². The Morgan fingerprint density at radius 1 is 1.05 bits per heavy atom. The second kappa shape index (κ2) is 10.5. The Balaban J connectivity index is 1.78. The van der Waals surface area contributed by atoms with Gasteiger partial charge in [0, 0.05) is 18.3 Å². The number of Topliss-reactive ketones (excluding diaryl/α,β-unsaturated/α-hetero) is 1. The lowest BCUT2D eigenvalue weighted by molar-refractivity contribution is -0.140. The molecule has 1 atom stereocenters. The number of hydrogen-bond acceptors (Lipinski definition) is 5. The van der Waals surface area contributed by atoms with Crippen LogP contribution in [0.3, 0.4) is 0 Å². The minimum absolute atomic E-state index is 0.182. The molecule has 0 saturated carbocycles. The van der Waals surface area contributed by atoms with Gasteiger partial charge in [0.05, 0.1) is 23.4 Å². The van der Waals surface area contributed by atoms with E-state index in [1.807, 2.05) is 13.8 Å². The minimum Gasteiger partial charge on any atom is -0.507 e. The van der Waals surface area contributed by atoms with Crippen molar-refractivity contribution in [2.75, 3.05) is 6.61 Å². The third kappa shape index (κ3) is 5.66. The van der Waals surface area contributed by atoms with Crippen LogP contribution in [0.2, 0.25) is 0 Å². The monoisotopic (exact) mass is 510 g/mol. The highest BCUT2D eigenvalue weighted by Crippen LogP contribution is 2.40. The van der Waals surface area contributed by atoms with Gasteiger partial charge < -0.3 is 14.7 Å². The third-order valence-corrected chi connectivity index (χ3v) is 5.81. The highest BCUT2D eigenvalue weighted by molar-refractivity contribution is 6.46. The topological polar surface area (TPSA) is 79.7 Å². The number of carbonyl (C=O) groups is 2. The summed E-state index contributed by atoms with van der Waals surface area (Å²) in [6, 6.07) is 14.9. The normalized spacial score (nSPS) is 17.5. The second-order valence-corrected chi connectivity index (χ2v) is 9.11. The summed E-state index contributed by atoms with van der Waals surface area (Å²) in [5.74, 6) is -1.57. The number of benzene rings is 2. The van der Waals surface area contributed by atoms with Gasteiger partial charge >= 0.3 is 6.18 Å². The van der Waals surface area contributed by atoms with Gasteiger partial charge in [0.25, 0.3) is 11.7 Å². The number of nitrogens with zero attached hydrogens (tertiary/aromatic N) is 2. The zero-order valence-corrected chi connectivity index (χ0v) is 20.2. The van der Waals surface area contributed by atoms with Crippen molar-refractivity contribution in [2.45, 2.75) is 32.6 Å². The maximum absolute atomic E-state index is 13.3. The first kappa shape index (κ1) is 25.9. The lowest BCUT2D eigenvalue weighted by atomic mass is 9.98. The third-order valence-electron chi connectivity index (χ3n) is 5.81. The van der Waals surface area contributed by atoms with Gasteiger partial charge in [0.1, 0.15) is 17.6 Å². The van der Waals surface area contributed by atoms with Crippen molar-refractivity contribution < 1.29 is 32.6 Å². The molecule has 6 nitrogen and oxygen atoms in total. The first-order valence-electron chi connectivity index (χ1n) is 11.6. The first-order chi connectivity index (χ1) is 17.6. The Labute approximate surface area is 212 Å². The SMILES string of the molecule is CC(C)COc1cccc(/C(O)=C2\C(=O)C(=O)N(Cc3cccc(C(F)(F)F)c3)C2c2ccccn2)c1. The predicted molar refractivity (Wildman–Crippen MR) is 130 cm³/mol. The summed E-state index contributed by atoms with van der Waals surface area (Å²) >= 11 is 0. The van der Waals surface area contributed by atoms with Crippen molar-refractivity contribution in [1.29, 1.82) is 0 Å². The molecule has 1 aliphatic heterocycles. The number of hydrogen-bond donors (Lipinski definition) is 1. The highest BCUT2D eigenvalue weighted by Gasteiger charge is 2.47. The standard InChI is InChI=1S/C28H25F3N2O4/c1-17(2)16-37-21-10-6-8-19(14-21)25(34)23-24(22-11-3-4-12-32-22)33(27(36)26(23)35)15-18-7-5-9-20(13-18)28(29,30)31/h3-14,17,24,34H,15-16H2,1-2H3/b25-23+. The van der Waals surface area contributed by atoms with E-state index in [2.05, 4.69) is 4.98 Å². The number of aliphatic hydroxyl groups is 1. The number of amides is 1. The number of aromatic nitrogens is 1. The van der Waals surface area contributed by atoms with Crippen LogP contribution in [0.1, 0.15) is 42.3 Å². The number of ether oxygens (including phenoxy) is 1. The lowest BCUT2D eigenvalue weighted by Crippen LogP contribution is -2.29. The molecule has 37 heavy (non-hydrogen) atoms. The molecule has 0 spiro atoms. The Kier molecular flexibility index (Phi) is 7.33. The van der Waals surface area contributed by atoms with Gasteiger partial charge in [-0.25, -0.2) is 0 Å². The molecule has 0 bridgehead atoms. The summed E-state index contributed by atoms with van der Waals surface area (Å²) in [5, 5.41) is 11.2. The quantitative estimate of drug-likeness (QED) is 0.249. The molecule has 1 fully saturated rings. The maximum atomic E-state index is 13.3. The van der Waals surface area contributed by atoms with E-state index >= 15 is 0 Å². The summed E-state index contributed by atoms with van der Waals surface area (Å²) in [4.78, 5) is 31.7. The number of alkyl halides is 3. The lowest BCUT2D eigenvalue weighted by Gasteiger charge is -2.25. The summed E-state index contributed by atoms with van der Waals surface area (Å²) in [5.41, 5.74) is -0.325. The average Bonchev–Trinajstić information content (AvgIpc) is 3.12. The van der Waals surface area contributed by atoms with Crippen molar-refractivity contribution in [3.63, 3.8) is 0 Å². The van der Waals surface area contributed by atoms with Gasteiger partial charge in [0.15, 0.2) is 0 Å². The number of pyridine rings is 1. The van der Waals surface area contributed by atoms with Crippen molar-refractivity contribution in [2.24, 2.45) is 5.92 Å². The predicted octanol–water partition coefficient (Wildman–Crippen LogP) is 5.76. The summed E-state index contributed by atoms with van der Waals surface area (Å²) in [7, 11) is 0. The van der Waals surface area contributed by atoms with Crippen molar-refractivity contribution in [3.05, 3.63) is 101 Å². The Morgan fingerprint density at radius 3 is 2.49 bits per heavy atom. The fourth-order valence-electron chi connectivity index (χ4n) is 4.08. The van der Waals surface area contributed by atoms with E-state index in [4.69, 9.17) is 4.74 Å². The second-order valence-electron chi connectivity index (χ2n) is 9.11. The number of ketones is 1. The Hall–Kier alpha value is -4.14. The highest BCUT2D eigenvalue weighted by atomic mass is 19.4. The summed E-state index contributed by atoms with van der Waals surface area (Å²) < 4.78 is 45.5. The molecule has 192 valence electrons. The molecule has 1 aliphatic rings. The van der Waals surface area contributed by atoms with E-state index in [-0.39, 0.29) is 29.2 Å². The Bertz CT molecular complexity index is 1340. The van der Waals surface area contributed by atoms with Crippen molar-refractivity contribution in [1.82, 2.24) is 9.88 Å². The fraction of sp³-hybridized carbons (Fsp3) is 0.250. The number of carbonyl (C=O) groups excluding carboxylic acids is 2. The van der Waals surface area contributed by atoms with Gasteiger partial charge in [-0.1, -0.05) is 44.2 Å². The van der Waals surface area contributed by atoms with E-state index < -0.39 is 35.2 Å². The number of aliphatic hydroxyl groups excluding tert-OH is 1. The molecule has 1 amide bonds. The number of rotatable bonds is 7. The molecular weight excluding hydrogens is 485 g/mol. The van der Waals surface area contributed by atoms with E-state index in [0.717, 1.165) is 17.0 Å². The molecule has 9 heteroatoms. The van der Waals surface area contributed by atoms with Crippen LogP contribution in [0.25, 0.3) is 5.76 Å². The van der Waals surface area contributed by atoms with E-state index in [1.165, 1.54) is 18.3 Å². The largest absolute Gasteiger partial charge is 0.507 e. The Morgan fingerprint density at radius 2 is 1.81 bits per heavy atom. The zero-order chi connectivity index (χ0) is 26.7. The van der Waals surface area contributed by atoms with Gasteiger partial charge in [-0.15, -0.1) is 0 Å². The molecule has 0 radical (unpaired) electrons. The van der Waals surface area contributed by atoms with E-state index in [1.54, 1.807) is 42.5 Å². The summed E-state index contributed by atoms with van der Waals surface area (Å²) in [6.07, 6.45) is -3.09. The van der Waals surface area contributed by atoms with Crippen LogP contribution in [-0.2, 0) is 22.3 Å². The van der Waals surface area contributed by atoms with Gasteiger partial charge in [-0.3, -0.25) is 14.6 Å². The maximum Gasteiger partial charge on any atom is 0.416 e. The molecule has 0 aliphatic carbocycles. The van der Waals surface area contributed by atoms with Crippen molar-refractivity contribution in [3.8, 4) is 5.75 Å². The van der Waals surface area contributed by atoms with Gasteiger partial charge in [0.2, 0.25) is 0 Å². The minimum atomic E-state index is -4.56. The number of likely N-dealkylation sites (tertiary alicyclic amines) is 1. The fourth-order valence-corrected chi connectivity index (χ4v) is 4.08. The smallest absolute Gasteiger partial charge is 0.416 e. The molecule has 2 heterocycles. The van der Waals surface area contributed by atoms with E-state index in [9.17, 15) is 27.9 Å². The average molecular weight is 511 g/mol. The van der Waals surface area contributed by atoms with Crippen LogP contribution in [0, 0.1) is 5.92 Å². The van der Waals surface area contributed by atoms with Crippen LogP contribution in [0.4, 0.5) is 13.2 Å². The molecule has 1 aromatic heterocycles. The molecular formula is C28H25F3N2O4. The molecule has 1 N–H and O–H groups in total. The first-order valence-corrected chi connectivity index (χ1v) is 11.6. The molecule has 2 aromatic carbocycles. The molecule has 1 unspecified atom stereocenters. The number of halogens is 3. The zero-order valence-electron chi connectivity index (χ0n) is 20.2. The molecule has 4 rings (SSSR count). The van der Waals surface area contributed by atoms with Crippen LogP contribution in [0.5, 0.6) is 5.75 Å². The molecule has 1 saturated heterocycles.